The molecule has 0 saturated heterocycles. The number of anilines is 1. The van der Waals surface area contributed by atoms with E-state index in [1.165, 1.54) is 12.7 Å². The van der Waals surface area contributed by atoms with Gasteiger partial charge in [-0.05, 0) is 69.4 Å². The molecule has 0 saturated carbocycles. The van der Waals surface area contributed by atoms with E-state index in [0.29, 0.717) is 23.5 Å². The zero-order valence-electron chi connectivity index (χ0n) is 20.3. The molecule has 34 heavy (non-hydrogen) atoms. The van der Waals surface area contributed by atoms with Crippen LogP contribution in [0.25, 0.3) is 16.7 Å². The highest BCUT2D eigenvalue weighted by atomic mass is 16.5. The summed E-state index contributed by atoms with van der Waals surface area (Å²) in [6, 6.07) is 7.57. The van der Waals surface area contributed by atoms with Gasteiger partial charge in [0.15, 0.2) is 11.5 Å². The summed E-state index contributed by atoms with van der Waals surface area (Å²) in [5.41, 5.74) is 6.64. The van der Waals surface area contributed by atoms with E-state index in [-0.39, 0.29) is 29.3 Å². The molecule has 0 fully saturated rings. The Kier molecular flexibility index (Phi) is 5.34. The second-order valence-corrected chi connectivity index (χ2v) is 9.89. The summed E-state index contributed by atoms with van der Waals surface area (Å²) < 4.78 is 17.3. The van der Waals surface area contributed by atoms with E-state index < -0.39 is 0 Å². The third-order valence-electron chi connectivity index (χ3n) is 7.02. The summed E-state index contributed by atoms with van der Waals surface area (Å²) in [5.74, 6) is 0.865. The molecule has 3 aliphatic rings. The molecule has 0 radical (unpaired) electrons. The topological polar surface area (TPSA) is 77.0 Å². The molecule has 178 valence electrons. The zero-order chi connectivity index (χ0) is 24.2. The van der Waals surface area contributed by atoms with Crippen molar-refractivity contribution in [3.8, 4) is 28.4 Å². The summed E-state index contributed by atoms with van der Waals surface area (Å²) in [5, 5.41) is 14.2. The van der Waals surface area contributed by atoms with E-state index in [9.17, 15) is 9.90 Å². The number of aromatic hydroxyl groups is 1. The van der Waals surface area contributed by atoms with Crippen molar-refractivity contribution in [1.29, 1.82) is 0 Å². The van der Waals surface area contributed by atoms with Crippen LogP contribution in [0.4, 0.5) is 5.69 Å². The Morgan fingerprint density at radius 2 is 1.97 bits per heavy atom. The van der Waals surface area contributed by atoms with E-state index in [1.807, 2.05) is 6.08 Å². The number of allylic oxidation sites excluding steroid dienone is 1. The van der Waals surface area contributed by atoms with Crippen molar-refractivity contribution in [3.05, 3.63) is 53.1 Å². The van der Waals surface area contributed by atoms with Crippen LogP contribution in [-0.2, 0) is 9.53 Å². The normalized spacial score (nSPS) is 22.0. The number of methoxy groups -OCH3 is 2. The Labute approximate surface area is 200 Å². The monoisotopic (exact) mass is 461 g/mol. The van der Waals surface area contributed by atoms with E-state index in [4.69, 9.17) is 14.2 Å². The van der Waals surface area contributed by atoms with Crippen molar-refractivity contribution >= 4 is 17.2 Å². The van der Waals surface area contributed by atoms with Gasteiger partial charge < -0.3 is 24.6 Å². The Hall–Kier alpha value is -3.41. The lowest BCUT2D eigenvalue weighted by Gasteiger charge is -2.40. The van der Waals surface area contributed by atoms with Crippen molar-refractivity contribution in [3.63, 3.8) is 0 Å². The molecule has 0 spiro atoms. The number of benzene rings is 2. The number of phenolic OH excluding ortho intramolecular Hbond substituents is 1. The number of phenols is 1. The molecule has 0 bridgehead atoms. The van der Waals surface area contributed by atoms with E-state index in [1.54, 1.807) is 19.2 Å². The fourth-order valence-electron chi connectivity index (χ4n) is 5.76. The molecule has 5 rings (SSSR count). The molecule has 2 N–H and O–H groups in total. The van der Waals surface area contributed by atoms with Crippen LogP contribution in [0.15, 0.2) is 42.0 Å². The Morgan fingerprint density at radius 3 is 2.71 bits per heavy atom. The predicted molar refractivity (Wildman–Crippen MR) is 132 cm³/mol. The van der Waals surface area contributed by atoms with Crippen LogP contribution < -0.4 is 14.8 Å². The summed E-state index contributed by atoms with van der Waals surface area (Å²) in [4.78, 5) is 12.3. The lowest BCUT2D eigenvalue weighted by molar-refractivity contribution is -0.136. The van der Waals surface area contributed by atoms with Gasteiger partial charge in [-0.15, -0.1) is 0 Å². The molecule has 0 aromatic heterocycles. The van der Waals surface area contributed by atoms with E-state index in [0.717, 1.165) is 40.8 Å². The van der Waals surface area contributed by atoms with Gasteiger partial charge in [-0.1, -0.05) is 18.2 Å². The third kappa shape index (κ3) is 3.52. The highest BCUT2D eigenvalue weighted by molar-refractivity contribution is 5.92. The number of carbonyl (C=O) groups is 1. The smallest absolute Gasteiger partial charge is 0.333 e. The van der Waals surface area contributed by atoms with Gasteiger partial charge >= 0.3 is 5.97 Å². The van der Waals surface area contributed by atoms with Crippen molar-refractivity contribution in [1.82, 2.24) is 0 Å². The molecule has 0 amide bonds. The summed E-state index contributed by atoms with van der Waals surface area (Å²) in [6.45, 7) is 6.43. The lowest BCUT2D eigenvalue weighted by Crippen LogP contribution is -2.33. The molecule has 1 aliphatic carbocycles. The maximum Gasteiger partial charge on any atom is 0.333 e. The van der Waals surface area contributed by atoms with Gasteiger partial charge in [0, 0.05) is 28.3 Å². The minimum Gasteiger partial charge on any atom is -0.504 e. The lowest BCUT2D eigenvalue weighted by atomic mass is 9.76. The molecule has 6 nitrogen and oxygen atoms in total. The highest BCUT2D eigenvalue weighted by Crippen LogP contribution is 2.56. The summed E-state index contributed by atoms with van der Waals surface area (Å²) in [7, 11) is 2.98. The van der Waals surface area contributed by atoms with Crippen LogP contribution >= 0.6 is 0 Å². The van der Waals surface area contributed by atoms with Gasteiger partial charge in [-0.3, -0.25) is 0 Å². The van der Waals surface area contributed by atoms with E-state index in [2.05, 4.69) is 44.3 Å². The van der Waals surface area contributed by atoms with Crippen molar-refractivity contribution in [2.24, 2.45) is 5.92 Å². The average Bonchev–Trinajstić information content (AvgIpc) is 2.81. The minimum absolute atomic E-state index is 0.00350. The molecule has 2 aliphatic heterocycles. The fourth-order valence-corrected chi connectivity index (χ4v) is 5.76. The number of fused-ring (bicyclic) bond motifs is 5. The molecule has 2 atom stereocenters. The molecule has 2 heterocycles. The maximum absolute atomic E-state index is 12.3. The first-order chi connectivity index (χ1) is 16.2. The Balaban J connectivity index is 1.76. The van der Waals surface area contributed by atoms with Gasteiger partial charge in [-0.25, -0.2) is 4.79 Å². The Morgan fingerprint density at radius 1 is 1.18 bits per heavy atom. The van der Waals surface area contributed by atoms with Gasteiger partial charge in [0.05, 0.1) is 25.3 Å². The summed E-state index contributed by atoms with van der Waals surface area (Å²) in [6.07, 6.45) is 6.48. The quantitative estimate of drug-likeness (QED) is 0.545. The molecule has 2 aromatic rings. The molecule has 0 unspecified atom stereocenters. The second kappa shape index (κ2) is 8.12. The predicted octanol–water partition coefficient (Wildman–Crippen LogP) is 6.01. The number of esters is 1. The van der Waals surface area contributed by atoms with Crippen LogP contribution in [0.3, 0.4) is 0 Å². The second-order valence-electron chi connectivity index (χ2n) is 9.89. The fraction of sp³-hybridized carbons (Fsp3) is 0.393. The molecular formula is C28H31NO5. The largest absolute Gasteiger partial charge is 0.504 e. The van der Waals surface area contributed by atoms with Crippen LogP contribution in [-0.4, -0.2) is 30.8 Å². The third-order valence-corrected chi connectivity index (χ3v) is 7.02. The van der Waals surface area contributed by atoms with E-state index >= 15 is 0 Å². The van der Waals surface area contributed by atoms with Crippen LogP contribution in [0.2, 0.25) is 0 Å². The molecular weight excluding hydrogens is 430 g/mol. The van der Waals surface area contributed by atoms with Gasteiger partial charge in [0.2, 0.25) is 0 Å². The molecule has 2 aromatic carbocycles. The molecule has 6 heteroatoms. The Bertz CT molecular complexity index is 1240. The van der Waals surface area contributed by atoms with Gasteiger partial charge in [0.25, 0.3) is 0 Å². The van der Waals surface area contributed by atoms with Crippen molar-refractivity contribution in [2.75, 3.05) is 19.5 Å². The highest BCUT2D eigenvalue weighted by Gasteiger charge is 2.39. The van der Waals surface area contributed by atoms with Crippen molar-refractivity contribution in [2.45, 2.75) is 51.7 Å². The number of carbonyl (C=O) groups excluding carboxylic acids is 1. The first kappa shape index (κ1) is 22.4. The van der Waals surface area contributed by atoms with Crippen molar-refractivity contribution < 1.29 is 24.1 Å². The van der Waals surface area contributed by atoms with Crippen LogP contribution in [0.1, 0.15) is 57.3 Å². The average molecular weight is 462 g/mol. The number of hydrogen-bond acceptors (Lipinski definition) is 6. The van der Waals surface area contributed by atoms with Gasteiger partial charge in [-0.2, -0.15) is 0 Å². The standard InChI is InChI=1S/C28H31NO5/c1-15-14-28(2,3)29-19-10-9-18-23-21(12-11-20(30)26(23)32-4)34-25(24(18)22(15)19)16-7-6-8-17(13-16)27(31)33-5/h9-14,16,25,29-30H,6-8H2,1-5H3/t16-,25+/m1/s1. The number of hydrogen-bond donors (Lipinski definition) is 2. The minimum atomic E-state index is -0.294. The first-order valence-corrected chi connectivity index (χ1v) is 11.7. The maximum atomic E-state index is 12.3. The SMILES string of the molecule is COC(=O)C1=C[C@H]([C@@H]2Oc3ccc(O)c(OC)c3-c3ccc4c(c32)C(C)=CC(C)(C)N4)CCC1. The number of nitrogens with one attached hydrogen (secondary N) is 1. The van der Waals surface area contributed by atoms with Crippen LogP contribution in [0, 0.1) is 5.92 Å². The number of ether oxygens (including phenoxy) is 3. The first-order valence-electron chi connectivity index (χ1n) is 11.7. The zero-order valence-corrected chi connectivity index (χ0v) is 20.3. The van der Waals surface area contributed by atoms with Gasteiger partial charge in [0.1, 0.15) is 11.9 Å². The van der Waals surface area contributed by atoms with Crippen LogP contribution in [0.5, 0.6) is 17.2 Å². The summed E-state index contributed by atoms with van der Waals surface area (Å²) >= 11 is 0. The number of rotatable bonds is 3.